The topological polar surface area (TPSA) is 74.0 Å². The molecule has 5 nitrogen and oxygen atoms in total. The van der Waals surface area contributed by atoms with Gasteiger partial charge in [0.1, 0.15) is 0 Å². The van der Waals surface area contributed by atoms with Crippen molar-refractivity contribution in [3.8, 4) is 0 Å². The molecule has 0 unspecified atom stereocenters. The Morgan fingerprint density at radius 2 is 1.73 bits per heavy atom. The van der Waals surface area contributed by atoms with Gasteiger partial charge in [-0.05, 0) is 23.8 Å². The lowest BCUT2D eigenvalue weighted by Gasteiger charge is -2.07. The number of amides is 2. The first-order chi connectivity index (χ1) is 10.7. The minimum atomic E-state index is -0.676. The van der Waals surface area contributed by atoms with E-state index in [9.17, 15) is 9.59 Å². The normalized spacial score (nSPS) is 10.4. The zero-order valence-corrected chi connectivity index (χ0v) is 11.8. The van der Waals surface area contributed by atoms with Crippen LogP contribution in [0.1, 0.15) is 5.56 Å². The first kappa shape index (κ1) is 13.9. The lowest BCUT2D eigenvalue weighted by molar-refractivity contribution is -0.136. The van der Waals surface area contributed by atoms with Gasteiger partial charge in [-0.25, -0.2) is 0 Å². The largest absolute Gasteiger partial charge is 0.361 e. The Morgan fingerprint density at radius 3 is 2.55 bits per heavy atom. The molecule has 2 amide bonds. The molecule has 0 aliphatic heterocycles. The number of aromatic nitrogens is 1. The third-order valence-corrected chi connectivity index (χ3v) is 3.35. The molecule has 3 N–H and O–H groups in total. The Balaban J connectivity index is 1.64. The van der Waals surface area contributed by atoms with E-state index in [0.29, 0.717) is 12.2 Å². The fourth-order valence-corrected chi connectivity index (χ4v) is 2.23. The Labute approximate surface area is 127 Å². The van der Waals surface area contributed by atoms with Gasteiger partial charge >= 0.3 is 11.8 Å². The third kappa shape index (κ3) is 2.98. The Hall–Kier alpha value is -3.08. The highest BCUT2D eigenvalue weighted by molar-refractivity contribution is 6.40. The first-order valence-corrected chi connectivity index (χ1v) is 6.93. The van der Waals surface area contributed by atoms with Crippen molar-refractivity contribution >= 4 is 28.4 Å². The number of hydrogen-bond donors (Lipinski definition) is 3. The number of benzene rings is 2. The predicted octanol–water partition coefficient (Wildman–Crippen LogP) is 2.42. The molecule has 5 heteroatoms. The van der Waals surface area contributed by atoms with E-state index in [2.05, 4.69) is 15.6 Å². The van der Waals surface area contributed by atoms with Gasteiger partial charge in [0, 0.05) is 23.6 Å². The van der Waals surface area contributed by atoms with Gasteiger partial charge < -0.3 is 15.6 Å². The standard InChI is InChI=1S/C17H15N3O2/c21-16(19-11-12-5-2-1-3-6-12)17(22)20-15-8-4-7-14-13(15)9-10-18-14/h1-10,18H,11H2,(H,19,21)(H,20,22). The summed E-state index contributed by atoms with van der Waals surface area (Å²) < 4.78 is 0. The molecule has 0 saturated carbocycles. The van der Waals surface area contributed by atoms with Gasteiger partial charge in [-0.2, -0.15) is 0 Å². The average Bonchev–Trinajstić information content (AvgIpc) is 3.03. The summed E-state index contributed by atoms with van der Waals surface area (Å²) in [6, 6.07) is 16.8. The van der Waals surface area contributed by atoms with Crippen molar-refractivity contribution in [3.05, 3.63) is 66.4 Å². The van der Waals surface area contributed by atoms with E-state index in [1.54, 1.807) is 12.3 Å². The van der Waals surface area contributed by atoms with Crippen LogP contribution in [0.25, 0.3) is 10.9 Å². The maximum absolute atomic E-state index is 12.0. The molecule has 110 valence electrons. The van der Waals surface area contributed by atoms with Gasteiger partial charge in [0.05, 0.1) is 5.69 Å². The summed E-state index contributed by atoms with van der Waals surface area (Å²) in [7, 11) is 0. The van der Waals surface area contributed by atoms with Gasteiger partial charge in [0.25, 0.3) is 0 Å². The fourth-order valence-electron chi connectivity index (χ4n) is 2.23. The highest BCUT2D eigenvalue weighted by atomic mass is 16.2. The van der Waals surface area contributed by atoms with Crippen molar-refractivity contribution in [2.75, 3.05) is 5.32 Å². The summed E-state index contributed by atoms with van der Waals surface area (Å²) in [5.41, 5.74) is 2.46. The highest BCUT2D eigenvalue weighted by Crippen LogP contribution is 2.21. The number of H-pyrrole nitrogens is 1. The van der Waals surface area contributed by atoms with Crippen LogP contribution in [0.3, 0.4) is 0 Å². The average molecular weight is 293 g/mol. The number of nitrogens with one attached hydrogen (secondary N) is 3. The Kier molecular flexibility index (Phi) is 3.87. The lowest BCUT2D eigenvalue weighted by atomic mass is 10.2. The van der Waals surface area contributed by atoms with Crippen LogP contribution in [0.2, 0.25) is 0 Å². The van der Waals surface area contributed by atoms with Gasteiger partial charge in [0.15, 0.2) is 0 Å². The Morgan fingerprint density at radius 1 is 0.909 bits per heavy atom. The molecule has 0 aliphatic rings. The van der Waals surface area contributed by atoms with Crippen molar-refractivity contribution in [2.24, 2.45) is 0 Å². The highest BCUT2D eigenvalue weighted by Gasteiger charge is 2.14. The quantitative estimate of drug-likeness (QED) is 0.649. The minimum Gasteiger partial charge on any atom is -0.361 e. The second-order valence-corrected chi connectivity index (χ2v) is 4.87. The number of carbonyl (C=O) groups is 2. The van der Waals surface area contributed by atoms with E-state index in [4.69, 9.17) is 0 Å². The summed E-state index contributed by atoms with van der Waals surface area (Å²) in [6.45, 7) is 0.321. The Bertz CT molecular complexity index is 809. The van der Waals surface area contributed by atoms with E-state index in [1.807, 2.05) is 48.5 Å². The minimum absolute atomic E-state index is 0.321. The van der Waals surface area contributed by atoms with Crippen LogP contribution in [0.15, 0.2) is 60.8 Å². The monoisotopic (exact) mass is 293 g/mol. The predicted molar refractivity (Wildman–Crippen MR) is 85.2 cm³/mol. The summed E-state index contributed by atoms with van der Waals surface area (Å²) in [5, 5.41) is 6.11. The van der Waals surface area contributed by atoms with E-state index in [-0.39, 0.29) is 0 Å². The van der Waals surface area contributed by atoms with Crippen LogP contribution in [-0.2, 0) is 16.1 Å². The maximum Gasteiger partial charge on any atom is 0.313 e. The molecule has 0 saturated heterocycles. The van der Waals surface area contributed by atoms with E-state index in [0.717, 1.165) is 16.5 Å². The summed E-state index contributed by atoms with van der Waals surface area (Å²) in [5.74, 6) is -1.33. The smallest absolute Gasteiger partial charge is 0.313 e. The molecule has 0 radical (unpaired) electrons. The lowest BCUT2D eigenvalue weighted by Crippen LogP contribution is -2.34. The van der Waals surface area contributed by atoms with Crippen molar-refractivity contribution in [2.45, 2.75) is 6.54 Å². The summed E-state index contributed by atoms with van der Waals surface area (Å²) >= 11 is 0. The van der Waals surface area contributed by atoms with Gasteiger partial charge in [-0.15, -0.1) is 0 Å². The SMILES string of the molecule is O=C(NCc1ccccc1)C(=O)Nc1cccc2[nH]ccc12. The van der Waals surface area contributed by atoms with Crippen molar-refractivity contribution < 1.29 is 9.59 Å². The molecule has 22 heavy (non-hydrogen) atoms. The van der Waals surface area contributed by atoms with Crippen LogP contribution < -0.4 is 10.6 Å². The number of anilines is 1. The van der Waals surface area contributed by atoms with E-state index >= 15 is 0 Å². The summed E-state index contributed by atoms with van der Waals surface area (Å²) in [4.78, 5) is 26.9. The fraction of sp³-hybridized carbons (Fsp3) is 0.0588. The van der Waals surface area contributed by atoms with Crippen molar-refractivity contribution in [1.29, 1.82) is 0 Å². The molecular weight excluding hydrogens is 278 g/mol. The van der Waals surface area contributed by atoms with Gasteiger partial charge in [0.2, 0.25) is 0 Å². The molecule has 0 bridgehead atoms. The molecule has 0 atom stereocenters. The number of rotatable bonds is 3. The second-order valence-electron chi connectivity index (χ2n) is 4.87. The van der Waals surface area contributed by atoms with Crippen LogP contribution in [0.5, 0.6) is 0 Å². The number of hydrogen-bond acceptors (Lipinski definition) is 2. The van der Waals surface area contributed by atoms with Gasteiger partial charge in [-0.1, -0.05) is 36.4 Å². The number of fused-ring (bicyclic) bond motifs is 1. The van der Waals surface area contributed by atoms with Crippen LogP contribution in [0.4, 0.5) is 5.69 Å². The molecule has 3 aromatic rings. The number of carbonyl (C=O) groups excluding carboxylic acids is 2. The van der Waals surface area contributed by atoms with Crippen LogP contribution in [0, 0.1) is 0 Å². The number of aromatic amines is 1. The molecule has 2 aromatic carbocycles. The zero-order chi connectivity index (χ0) is 15.4. The van der Waals surface area contributed by atoms with E-state index < -0.39 is 11.8 Å². The van der Waals surface area contributed by atoms with Crippen molar-refractivity contribution in [1.82, 2.24) is 10.3 Å². The molecule has 3 rings (SSSR count). The molecule has 0 aliphatic carbocycles. The molecule has 1 aromatic heterocycles. The second kappa shape index (κ2) is 6.13. The molecule has 1 heterocycles. The van der Waals surface area contributed by atoms with E-state index in [1.165, 1.54) is 0 Å². The van der Waals surface area contributed by atoms with Gasteiger partial charge in [-0.3, -0.25) is 9.59 Å². The summed E-state index contributed by atoms with van der Waals surface area (Å²) in [6.07, 6.45) is 1.79. The third-order valence-electron chi connectivity index (χ3n) is 3.35. The van der Waals surface area contributed by atoms with Crippen LogP contribution in [-0.4, -0.2) is 16.8 Å². The maximum atomic E-state index is 12.0. The zero-order valence-electron chi connectivity index (χ0n) is 11.8. The molecule has 0 spiro atoms. The van der Waals surface area contributed by atoms with Crippen LogP contribution >= 0.6 is 0 Å². The van der Waals surface area contributed by atoms with Crippen molar-refractivity contribution in [3.63, 3.8) is 0 Å². The molecule has 0 fully saturated rings. The first-order valence-electron chi connectivity index (χ1n) is 6.93. The molecular formula is C17H15N3O2.